The van der Waals surface area contributed by atoms with E-state index in [9.17, 15) is 9.59 Å². The number of aromatic nitrogens is 1. The Hall–Kier alpha value is -3.45. The van der Waals surface area contributed by atoms with Crippen molar-refractivity contribution in [3.05, 3.63) is 91.0 Å². The number of allylic oxidation sites excluding steroid dienone is 1. The first-order valence-electron chi connectivity index (χ1n) is 10.4. The van der Waals surface area contributed by atoms with Crippen molar-refractivity contribution in [1.29, 1.82) is 0 Å². The molecule has 1 aliphatic heterocycles. The highest BCUT2D eigenvalue weighted by Gasteiger charge is 2.31. The predicted octanol–water partition coefficient (Wildman–Crippen LogP) is 2.97. The molecule has 1 aliphatic rings. The van der Waals surface area contributed by atoms with Crippen LogP contribution < -0.4 is 19.8 Å². The molecule has 32 heavy (non-hydrogen) atoms. The number of hydrogen-bond donors (Lipinski definition) is 0. The third-order valence-corrected chi connectivity index (χ3v) is 6.35. The Bertz CT molecular complexity index is 1350. The Kier molecular flexibility index (Phi) is 6.10. The van der Waals surface area contributed by atoms with Gasteiger partial charge in [0.05, 0.1) is 16.7 Å². The van der Waals surface area contributed by atoms with Crippen LogP contribution in [0.3, 0.4) is 0 Å². The Morgan fingerprint density at radius 1 is 1.16 bits per heavy atom. The van der Waals surface area contributed by atoms with Crippen molar-refractivity contribution in [2.75, 3.05) is 25.6 Å². The van der Waals surface area contributed by atoms with Crippen molar-refractivity contribution in [3.63, 3.8) is 0 Å². The lowest BCUT2D eigenvalue weighted by Gasteiger charge is -2.22. The van der Waals surface area contributed by atoms with Crippen molar-refractivity contribution in [1.82, 2.24) is 4.57 Å². The molecule has 0 spiro atoms. The van der Waals surface area contributed by atoms with Gasteiger partial charge in [-0.1, -0.05) is 53.8 Å². The van der Waals surface area contributed by atoms with Gasteiger partial charge in [-0.15, -0.1) is 0 Å². The van der Waals surface area contributed by atoms with Crippen LogP contribution in [-0.2, 0) is 9.53 Å². The Morgan fingerprint density at radius 2 is 1.84 bits per heavy atom. The molecule has 0 radical (unpaired) electrons. The van der Waals surface area contributed by atoms with Gasteiger partial charge in [0.1, 0.15) is 6.04 Å². The number of hydrogen-bond acceptors (Lipinski definition) is 6. The zero-order valence-electron chi connectivity index (χ0n) is 18.5. The fourth-order valence-corrected chi connectivity index (χ4v) is 4.75. The van der Waals surface area contributed by atoms with E-state index in [0.717, 1.165) is 16.8 Å². The normalized spacial score (nSPS) is 15.9. The Balaban J connectivity index is 1.89. The van der Waals surface area contributed by atoms with Crippen molar-refractivity contribution in [2.24, 2.45) is 4.99 Å². The summed E-state index contributed by atoms with van der Waals surface area (Å²) in [5.74, 6) is -0.448. The van der Waals surface area contributed by atoms with Crippen molar-refractivity contribution in [2.45, 2.75) is 19.9 Å². The number of thiazole rings is 1. The van der Waals surface area contributed by atoms with Crippen LogP contribution in [0.2, 0.25) is 0 Å². The lowest BCUT2D eigenvalue weighted by atomic mass is 9.97. The monoisotopic (exact) mass is 447 g/mol. The number of esters is 1. The first-order chi connectivity index (χ1) is 15.4. The van der Waals surface area contributed by atoms with Crippen LogP contribution >= 0.6 is 11.3 Å². The lowest BCUT2D eigenvalue weighted by Crippen LogP contribution is -2.35. The Labute approximate surface area is 190 Å². The molecule has 0 saturated heterocycles. The largest absolute Gasteiger partial charge is 0.463 e. The molecular formula is C25H25N3O3S. The average molecular weight is 448 g/mol. The number of fused-ring (bicyclic) bond motifs is 1. The van der Waals surface area contributed by atoms with Gasteiger partial charge in [-0.3, -0.25) is 9.36 Å². The van der Waals surface area contributed by atoms with E-state index in [1.807, 2.05) is 79.7 Å². The summed E-state index contributed by atoms with van der Waals surface area (Å²) < 4.78 is 7.40. The quantitative estimate of drug-likeness (QED) is 0.564. The summed E-state index contributed by atoms with van der Waals surface area (Å²) >= 11 is 1.33. The molecular weight excluding hydrogens is 422 g/mol. The number of anilines is 1. The van der Waals surface area contributed by atoms with Crippen molar-refractivity contribution >= 4 is 34.8 Å². The second-order valence-electron chi connectivity index (χ2n) is 7.68. The van der Waals surface area contributed by atoms with Gasteiger partial charge in [-0.05, 0) is 43.2 Å². The maximum atomic E-state index is 13.3. The number of benzene rings is 2. The summed E-state index contributed by atoms with van der Waals surface area (Å²) in [7, 11) is 3.97. The fraction of sp³-hybridized carbons (Fsp3) is 0.240. The summed E-state index contributed by atoms with van der Waals surface area (Å²) in [4.78, 5) is 33.5. The molecule has 3 aromatic rings. The van der Waals surface area contributed by atoms with E-state index in [-0.39, 0.29) is 12.2 Å². The van der Waals surface area contributed by atoms with Gasteiger partial charge in [0, 0.05) is 25.5 Å². The highest BCUT2D eigenvalue weighted by molar-refractivity contribution is 7.07. The summed E-state index contributed by atoms with van der Waals surface area (Å²) in [5, 5.41) is 0. The van der Waals surface area contributed by atoms with Crippen LogP contribution in [0.5, 0.6) is 0 Å². The molecule has 6 nitrogen and oxygen atoms in total. The van der Waals surface area contributed by atoms with Gasteiger partial charge < -0.3 is 9.64 Å². The van der Waals surface area contributed by atoms with Gasteiger partial charge in [-0.2, -0.15) is 0 Å². The maximum absolute atomic E-state index is 13.3. The minimum absolute atomic E-state index is 0.184. The molecule has 0 fully saturated rings. The van der Waals surface area contributed by atoms with E-state index in [0.29, 0.717) is 20.6 Å². The molecule has 1 atom stereocenters. The molecule has 0 N–H and O–H groups in total. The zero-order valence-corrected chi connectivity index (χ0v) is 19.3. The molecule has 2 heterocycles. The van der Waals surface area contributed by atoms with E-state index < -0.39 is 12.0 Å². The van der Waals surface area contributed by atoms with Crippen LogP contribution in [0, 0.1) is 0 Å². The van der Waals surface area contributed by atoms with Crippen molar-refractivity contribution < 1.29 is 9.53 Å². The molecule has 0 saturated carbocycles. The molecule has 1 aromatic heterocycles. The van der Waals surface area contributed by atoms with E-state index in [1.54, 1.807) is 13.8 Å². The van der Waals surface area contributed by atoms with E-state index in [2.05, 4.69) is 0 Å². The fourth-order valence-electron chi connectivity index (χ4n) is 3.71. The number of nitrogens with zero attached hydrogens (tertiary/aromatic N) is 3. The second kappa shape index (κ2) is 8.96. The minimum Gasteiger partial charge on any atom is -0.463 e. The number of ether oxygens (including phenoxy) is 1. The van der Waals surface area contributed by atoms with Crippen LogP contribution in [0.1, 0.15) is 31.0 Å². The standard InChI is InChI=1S/C25H25N3O3S/c1-5-31-24(30)21-16(2)28-23(29)20(15-17-11-13-19(14-12-17)27(3)4)32-25(28)26-22(21)18-9-7-6-8-10-18/h6-15,22H,5H2,1-4H3/b20-15-/t22-/m0/s1. The van der Waals surface area contributed by atoms with Crippen LogP contribution in [-0.4, -0.2) is 31.2 Å². The maximum Gasteiger partial charge on any atom is 0.338 e. The molecule has 2 aromatic carbocycles. The minimum atomic E-state index is -0.513. The summed E-state index contributed by atoms with van der Waals surface area (Å²) in [6, 6.07) is 17.1. The highest BCUT2D eigenvalue weighted by atomic mass is 32.1. The highest BCUT2D eigenvalue weighted by Crippen LogP contribution is 2.32. The number of carbonyl (C=O) groups excluding carboxylic acids is 1. The lowest BCUT2D eigenvalue weighted by molar-refractivity contribution is -0.138. The topological polar surface area (TPSA) is 63.9 Å². The third-order valence-electron chi connectivity index (χ3n) is 5.36. The van der Waals surface area contributed by atoms with Gasteiger partial charge in [0.15, 0.2) is 4.80 Å². The smallest absolute Gasteiger partial charge is 0.338 e. The third kappa shape index (κ3) is 4.03. The Morgan fingerprint density at radius 3 is 2.47 bits per heavy atom. The molecule has 164 valence electrons. The number of carbonyl (C=O) groups is 1. The van der Waals surface area contributed by atoms with Gasteiger partial charge >= 0.3 is 5.97 Å². The first-order valence-corrected chi connectivity index (χ1v) is 11.2. The second-order valence-corrected chi connectivity index (χ2v) is 8.69. The van der Waals surface area contributed by atoms with Gasteiger partial charge in [0.25, 0.3) is 5.56 Å². The average Bonchev–Trinajstić information content (AvgIpc) is 3.10. The first kappa shape index (κ1) is 21.8. The van der Waals surface area contributed by atoms with Crippen LogP contribution in [0.25, 0.3) is 11.8 Å². The SMILES string of the molecule is CCOC(=O)C1=C(C)n2c(s/c(=C\c3ccc(N(C)C)cc3)c2=O)=N[C@H]1c1ccccc1. The predicted molar refractivity (Wildman–Crippen MR) is 128 cm³/mol. The van der Waals surface area contributed by atoms with Crippen LogP contribution in [0.15, 0.2) is 70.0 Å². The summed E-state index contributed by atoms with van der Waals surface area (Å²) in [6.07, 6.45) is 1.86. The molecule has 0 amide bonds. The van der Waals surface area contributed by atoms with E-state index in [4.69, 9.17) is 9.73 Å². The van der Waals surface area contributed by atoms with Crippen molar-refractivity contribution in [3.8, 4) is 0 Å². The number of rotatable bonds is 5. The molecule has 0 unspecified atom stereocenters. The summed E-state index contributed by atoms with van der Waals surface area (Å²) in [6.45, 7) is 3.80. The molecule has 7 heteroatoms. The molecule has 0 bridgehead atoms. The molecule has 0 aliphatic carbocycles. The van der Waals surface area contributed by atoms with Gasteiger partial charge in [0.2, 0.25) is 0 Å². The van der Waals surface area contributed by atoms with E-state index in [1.165, 1.54) is 15.9 Å². The van der Waals surface area contributed by atoms with Gasteiger partial charge in [-0.25, -0.2) is 9.79 Å². The van der Waals surface area contributed by atoms with Crippen LogP contribution in [0.4, 0.5) is 5.69 Å². The molecule has 4 rings (SSSR count). The summed E-state index contributed by atoms with van der Waals surface area (Å²) in [5.41, 5.74) is 3.67. The zero-order chi connectivity index (χ0) is 22.8. The van der Waals surface area contributed by atoms with E-state index >= 15 is 0 Å².